The summed E-state index contributed by atoms with van der Waals surface area (Å²) in [6.07, 6.45) is 3.84. The van der Waals surface area contributed by atoms with E-state index in [0.717, 1.165) is 22.3 Å². The van der Waals surface area contributed by atoms with Gasteiger partial charge in [-0.25, -0.2) is 9.97 Å². The third-order valence-corrected chi connectivity index (χ3v) is 3.59. The van der Waals surface area contributed by atoms with Gasteiger partial charge in [-0.05, 0) is 19.1 Å². The number of aromatic nitrogens is 4. The fourth-order valence-electron chi connectivity index (χ4n) is 2.25. The van der Waals surface area contributed by atoms with Gasteiger partial charge in [0.1, 0.15) is 11.6 Å². The van der Waals surface area contributed by atoms with Gasteiger partial charge in [0.15, 0.2) is 0 Å². The molecule has 0 saturated carbocycles. The molecule has 0 amide bonds. The molecule has 1 unspecified atom stereocenters. The van der Waals surface area contributed by atoms with E-state index in [1.165, 1.54) is 0 Å². The molecule has 2 heterocycles. The Balaban J connectivity index is 1.99. The molecule has 0 aliphatic rings. The highest BCUT2D eigenvalue weighted by Crippen LogP contribution is 2.24. The first-order valence-electron chi connectivity index (χ1n) is 6.74. The zero-order chi connectivity index (χ0) is 14.8. The highest BCUT2D eigenvalue weighted by Gasteiger charge is 2.12. The molecular formula is C15H16ClN5. The van der Waals surface area contributed by atoms with Crippen LogP contribution in [0.1, 0.15) is 24.4 Å². The first kappa shape index (κ1) is 13.8. The van der Waals surface area contributed by atoms with Gasteiger partial charge in [-0.15, -0.1) is 11.6 Å². The van der Waals surface area contributed by atoms with Crippen LogP contribution in [0.4, 0.5) is 5.82 Å². The zero-order valence-electron chi connectivity index (χ0n) is 11.9. The van der Waals surface area contributed by atoms with Gasteiger partial charge in [-0.1, -0.05) is 12.1 Å². The summed E-state index contributed by atoms with van der Waals surface area (Å²) in [7, 11) is 1.90. The number of nitrogens with one attached hydrogen (secondary N) is 1. The summed E-state index contributed by atoms with van der Waals surface area (Å²) < 4.78 is 1.79. The average Bonchev–Trinajstić information content (AvgIpc) is 2.93. The highest BCUT2D eigenvalue weighted by atomic mass is 35.5. The maximum atomic E-state index is 5.89. The Kier molecular flexibility index (Phi) is 3.75. The van der Waals surface area contributed by atoms with Crippen LogP contribution in [0.15, 0.2) is 36.7 Å². The van der Waals surface area contributed by atoms with Gasteiger partial charge in [0, 0.05) is 24.2 Å². The number of rotatable bonds is 4. The summed E-state index contributed by atoms with van der Waals surface area (Å²) in [6, 6.07) is 8.01. The van der Waals surface area contributed by atoms with Crippen molar-refractivity contribution in [3.63, 3.8) is 0 Å². The first-order valence-corrected chi connectivity index (χ1v) is 7.27. The number of para-hydroxylation sites is 1. The van der Waals surface area contributed by atoms with Crippen LogP contribution in [0.25, 0.3) is 10.9 Å². The van der Waals surface area contributed by atoms with E-state index in [-0.39, 0.29) is 6.04 Å². The SMILES string of the molecule is CC(Nc1nc(CCl)nc2ccccc12)c1cnn(C)c1. The molecule has 21 heavy (non-hydrogen) atoms. The van der Waals surface area contributed by atoms with Crippen molar-refractivity contribution < 1.29 is 0 Å². The monoisotopic (exact) mass is 301 g/mol. The molecule has 0 bridgehead atoms. The van der Waals surface area contributed by atoms with E-state index in [9.17, 15) is 0 Å². The Bertz CT molecular complexity index is 768. The van der Waals surface area contributed by atoms with Gasteiger partial charge in [-0.3, -0.25) is 4.68 Å². The number of anilines is 1. The topological polar surface area (TPSA) is 55.6 Å². The van der Waals surface area contributed by atoms with Crippen molar-refractivity contribution in [2.45, 2.75) is 18.8 Å². The van der Waals surface area contributed by atoms with Crippen LogP contribution in [0.5, 0.6) is 0 Å². The molecule has 0 aliphatic heterocycles. The molecule has 3 rings (SSSR count). The third-order valence-electron chi connectivity index (χ3n) is 3.35. The van der Waals surface area contributed by atoms with Crippen molar-refractivity contribution >= 4 is 28.3 Å². The summed E-state index contributed by atoms with van der Waals surface area (Å²) in [4.78, 5) is 8.95. The quantitative estimate of drug-likeness (QED) is 0.751. The Morgan fingerprint density at radius 3 is 2.81 bits per heavy atom. The van der Waals surface area contributed by atoms with Crippen LogP contribution in [0, 0.1) is 0 Å². The molecule has 0 saturated heterocycles. The minimum atomic E-state index is 0.0974. The van der Waals surface area contributed by atoms with Crippen LogP contribution in [0.2, 0.25) is 0 Å². The fraction of sp³-hybridized carbons (Fsp3) is 0.267. The van der Waals surface area contributed by atoms with E-state index in [0.29, 0.717) is 11.7 Å². The highest BCUT2D eigenvalue weighted by molar-refractivity contribution is 6.16. The third kappa shape index (κ3) is 2.83. The summed E-state index contributed by atoms with van der Waals surface area (Å²) >= 11 is 5.89. The van der Waals surface area contributed by atoms with Crippen molar-refractivity contribution in [3.8, 4) is 0 Å². The molecule has 5 nitrogen and oxygen atoms in total. The second kappa shape index (κ2) is 5.69. The van der Waals surface area contributed by atoms with Crippen molar-refractivity contribution in [1.82, 2.24) is 19.7 Å². The number of halogens is 1. The molecular weight excluding hydrogens is 286 g/mol. The van der Waals surface area contributed by atoms with Crippen LogP contribution in [-0.2, 0) is 12.9 Å². The molecule has 0 spiro atoms. The lowest BCUT2D eigenvalue weighted by Gasteiger charge is -2.15. The molecule has 0 fully saturated rings. The maximum absolute atomic E-state index is 5.89. The number of fused-ring (bicyclic) bond motifs is 1. The second-order valence-corrected chi connectivity index (χ2v) is 5.22. The molecule has 0 aliphatic carbocycles. The molecule has 108 valence electrons. The molecule has 0 radical (unpaired) electrons. The van der Waals surface area contributed by atoms with Crippen LogP contribution in [-0.4, -0.2) is 19.7 Å². The molecule has 6 heteroatoms. The largest absolute Gasteiger partial charge is 0.363 e. The Labute approximate surface area is 128 Å². The Morgan fingerprint density at radius 2 is 2.10 bits per heavy atom. The van der Waals surface area contributed by atoms with Gasteiger partial charge >= 0.3 is 0 Å². The minimum absolute atomic E-state index is 0.0974. The average molecular weight is 302 g/mol. The molecule has 1 aromatic carbocycles. The van der Waals surface area contributed by atoms with Crippen LogP contribution in [0.3, 0.4) is 0 Å². The van der Waals surface area contributed by atoms with Gasteiger partial charge in [-0.2, -0.15) is 5.10 Å². The van der Waals surface area contributed by atoms with E-state index in [1.54, 1.807) is 4.68 Å². The van der Waals surface area contributed by atoms with Gasteiger partial charge in [0.2, 0.25) is 0 Å². The van der Waals surface area contributed by atoms with Crippen molar-refractivity contribution in [3.05, 3.63) is 48.0 Å². The lowest BCUT2D eigenvalue weighted by Crippen LogP contribution is -2.09. The summed E-state index contributed by atoms with van der Waals surface area (Å²) in [5.41, 5.74) is 2.00. The number of hydrogen-bond acceptors (Lipinski definition) is 4. The van der Waals surface area contributed by atoms with Crippen LogP contribution >= 0.6 is 11.6 Å². The van der Waals surface area contributed by atoms with E-state index in [4.69, 9.17) is 11.6 Å². The number of nitrogens with zero attached hydrogens (tertiary/aromatic N) is 4. The Morgan fingerprint density at radius 1 is 1.29 bits per heavy atom. The second-order valence-electron chi connectivity index (χ2n) is 4.95. The van der Waals surface area contributed by atoms with Crippen LogP contribution < -0.4 is 5.32 Å². The first-order chi connectivity index (χ1) is 10.2. The van der Waals surface area contributed by atoms with Gasteiger partial charge < -0.3 is 5.32 Å². The van der Waals surface area contributed by atoms with Crippen molar-refractivity contribution in [2.24, 2.45) is 7.05 Å². The predicted molar refractivity (Wildman–Crippen MR) is 84.3 cm³/mol. The lowest BCUT2D eigenvalue weighted by molar-refractivity contribution is 0.765. The smallest absolute Gasteiger partial charge is 0.146 e. The number of alkyl halides is 1. The normalized spacial score (nSPS) is 12.5. The molecule has 2 aromatic heterocycles. The van der Waals surface area contributed by atoms with E-state index < -0.39 is 0 Å². The zero-order valence-corrected chi connectivity index (χ0v) is 12.7. The molecule has 1 atom stereocenters. The standard InChI is InChI=1S/C15H16ClN5/c1-10(11-8-17-21(2)9-11)18-15-12-5-3-4-6-13(12)19-14(7-16)20-15/h3-6,8-10H,7H2,1-2H3,(H,18,19,20). The maximum Gasteiger partial charge on any atom is 0.146 e. The fourth-order valence-corrected chi connectivity index (χ4v) is 2.37. The number of benzene rings is 1. The summed E-state index contributed by atoms with van der Waals surface area (Å²) in [5, 5.41) is 8.61. The molecule has 3 aromatic rings. The minimum Gasteiger partial charge on any atom is -0.363 e. The van der Waals surface area contributed by atoms with E-state index in [2.05, 4.69) is 27.3 Å². The van der Waals surface area contributed by atoms with Crippen molar-refractivity contribution in [2.75, 3.05) is 5.32 Å². The number of hydrogen-bond donors (Lipinski definition) is 1. The van der Waals surface area contributed by atoms with E-state index >= 15 is 0 Å². The summed E-state index contributed by atoms with van der Waals surface area (Å²) in [5.74, 6) is 1.71. The number of aryl methyl sites for hydroxylation is 1. The predicted octanol–water partition coefficient (Wildman–Crippen LogP) is 3.28. The Hall–Kier alpha value is -2.14. The van der Waals surface area contributed by atoms with Gasteiger partial charge in [0.25, 0.3) is 0 Å². The summed E-state index contributed by atoms with van der Waals surface area (Å²) in [6.45, 7) is 2.08. The van der Waals surface area contributed by atoms with Gasteiger partial charge in [0.05, 0.1) is 23.6 Å². The molecule has 1 N–H and O–H groups in total. The van der Waals surface area contributed by atoms with E-state index in [1.807, 2.05) is 43.7 Å². The lowest BCUT2D eigenvalue weighted by atomic mass is 10.1. The van der Waals surface area contributed by atoms with Crippen molar-refractivity contribution in [1.29, 1.82) is 0 Å².